The standard InChI is InChI=1S/C29H25N5OS/c30-24-16-10-15-23(19-24)28-32-33-29(34(28)25-17-8-3-9-18-25)36-20-26(35)31-27(21-11-4-1-5-12-21)22-13-6-2-7-14-22/h1-19,27H,20,30H2,(H,31,35). The zero-order chi connectivity index (χ0) is 24.7. The molecule has 0 aliphatic rings. The third-order valence-electron chi connectivity index (χ3n) is 5.70. The normalized spacial score (nSPS) is 10.9. The minimum Gasteiger partial charge on any atom is -0.399 e. The molecule has 0 bridgehead atoms. The van der Waals surface area contributed by atoms with Crippen molar-refractivity contribution in [3.8, 4) is 17.1 Å². The van der Waals surface area contributed by atoms with Gasteiger partial charge < -0.3 is 11.1 Å². The number of thioether (sulfide) groups is 1. The molecule has 0 aliphatic heterocycles. The van der Waals surface area contributed by atoms with Crippen molar-refractivity contribution in [1.29, 1.82) is 0 Å². The van der Waals surface area contributed by atoms with E-state index in [1.54, 1.807) is 0 Å². The molecular weight excluding hydrogens is 466 g/mol. The van der Waals surface area contributed by atoms with Crippen LogP contribution in [0.25, 0.3) is 17.1 Å². The lowest BCUT2D eigenvalue weighted by atomic mass is 9.99. The number of hydrogen-bond donors (Lipinski definition) is 2. The molecule has 0 unspecified atom stereocenters. The lowest BCUT2D eigenvalue weighted by molar-refractivity contribution is -0.119. The highest BCUT2D eigenvalue weighted by atomic mass is 32.2. The van der Waals surface area contributed by atoms with Crippen LogP contribution in [0.3, 0.4) is 0 Å². The summed E-state index contributed by atoms with van der Waals surface area (Å²) >= 11 is 1.35. The molecule has 1 amide bonds. The maximum Gasteiger partial charge on any atom is 0.231 e. The van der Waals surface area contributed by atoms with Gasteiger partial charge in [0.25, 0.3) is 0 Å². The first-order chi connectivity index (χ1) is 17.7. The molecule has 0 aliphatic carbocycles. The number of nitrogens with one attached hydrogen (secondary N) is 1. The van der Waals surface area contributed by atoms with Crippen LogP contribution in [0.15, 0.2) is 120 Å². The number of benzene rings is 4. The smallest absolute Gasteiger partial charge is 0.231 e. The fraction of sp³-hybridized carbons (Fsp3) is 0.0690. The number of carbonyl (C=O) groups excluding carboxylic acids is 1. The van der Waals surface area contributed by atoms with Gasteiger partial charge in [-0.2, -0.15) is 0 Å². The van der Waals surface area contributed by atoms with Crippen molar-refractivity contribution < 1.29 is 4.79 Å². The number of amides is 1. The van der Waals surface area contributed by atoms with Crippen LogP contribution in [-0.4, -0.2) is 26.4 Å². The van der Waals surface area contributed by atoms with Gasteiger partial charge in [-0.1, -0.05) is 103 Å². The van der Waals surface area contributed by atoms with Gasteiger partial charge in [0, 0.05) is 16.9 Å². The van der Waals surface area contributed by atoms with Gasteiger partial charge in [0.15, 0.2) is 11.0 Å². The Balaban J connectivity index is 1.39. The van der Waals surface area contributed by atoms with E-state index in [0.29, 0.717) is 16.7 Å². The Morgan fingerprint density at radius 2 is 1.42 bits per heavy atom. The molecule has 178 valence electrons. The Bertz CT molecular complexity index is 1400. The second-order valence-electron chi connectivity index (χ2n) is 8.21. The van der Waals surface area contributed by atoms with E-state index in [1.807, 2.05) is 120 Å². The van der Waals surface area contributed by atoms with E-state index < -0.39 is 0 Å². The van der Waals surface area contributed by atoms with Crippen LogP contribution >= 0.6 is 11.8 Å². The number of carbonyl (C=O) groups is 1. The number of aromatic nitrogens is 3. The number of nitrogens with two attached hydrogens (primary N) is 1. The maximum atomic E-state index is 13.1. The number of anilines is 1. The third kappa shape index (κ3) is 5.31. The minimum atomic E-state index is -0.240. The van der Waals surface area contributed by atoms with E-state index in [9.17, 15) is 4.79 Å². The monoisotopic (exact) mass is 491 g/mol. The quantitative estimate of drug-likeness (QED) is 0.221. The molecule has 4 aromatic carbocycles. The molecule has 36 heavy (non-hydrogen) atoms. The van der Waals surface area contributed by atoms with Gasteiger partial charge in [-0.05, 0) is 35.4 Å². The van der Waals surface area contributed by atoms with Gasteiger partial charge in [-0.25, -0.2) is 0 Å². The zero-order valence-electron chi connectivity index (χ0n) is 19.5. The van der Waals surface area contributed by atoms with Crippen LogP contribution in [0.5, 0.6) is 0 Å². The number of rotatable bonds is 8. The molecule has 0 spiro atoms. The van der Waals surface area contributed by atoms with Crippen molar-refractivity contribution >= 4 is 23.4 Å². The Morgan fingerprint density at radius 1 is 0.806 bits per heavy atom. The summed E-state index contributed by atoms with van der Waals surface area (Å²) in [5.74, 6) is 0.770. The summed E-state index contributed by atoms with van der Waals surface area (Å²) in [5, 5.41) is 12.7. The first-order valence-electron chi connectivity index (χ1n) is 11.6. The molecule has 1 heterocycles. The summed E-state index contributed by atoms with van der Waals surface area (Å²) in [7, 11) is 0. The molecule has 5 aromatic rings. The molecular formula is C29H25N5OS. The van der Waals surface area contributed by atoms with Crippen LogP contribution in [0.1, 0.15) is 17.2 Å². The fourth-order valence-electron chi connectivity index (χ4n) is 4.02. The van der Waals surface area contributed by atoms with Crippen molar-refractivity contribution in [2.24, 2.45) is 0 Å². The maximum absolute atomic E-state index is 13.1. The van der Waals surface area contributed by atoms with Gasteiger partial charge in [-0.3, -0.25) is 9.36 Å². The van der Waals surface area contributed by atoms with Gasteiger partial charge in [-0.15, -0.1) is 10.2 Å². The molecule has 0 fully saturated rings. The van der Waals surface area contributed by atoms with E-state index in [0.717, 1.165) is 22.4 Å². The Morgan fingerprint density at radius 3 is 2.03 bits per heavy atom. The first kappa shape index (κ1) is 23.4. The van der Waals surface area contributed by atoms with Crippen LogP contribution in [0.4, 0.5) is 5.69 Å². The highest BCUT2D eigenvalue weighted by Gasteiger charge is 2.20. The van der Waals surface area contributed by atoms with Gasteiger partial charge in [0.2, 0.25) is 5.91 Å². The largest absolute Gasteiger partial charge is 0.399 e. The molecule has 0 radical (unpaired) electrons. The third-order valence-corrected chi connectivity index (χ3v) is 6.63. The summed E-state index contributed by atoms with van der Waals surface area (Å²) in [6.07, 6.45) is 0. The van der Waals surface area contributed by atoms with Crippen molar-refractivity contribution in [1.82, 2.24) is 20.1 Å². The molecule has 5 rings (SSSR count). The second kappa shape index (κ2) is 10.9. The lowest BCUT2D eigenvalue weighted by Gasteiger charge is -2.20. The predicted octanol–water partition coefficient (Wildman–Crippen LogP) is 5.51. The molecule has 0 saturated heterocycles. The number of nitrogens with zero attached hydrogens (tertiary/aromatic N) is 3. The molecule has 6 nitrogen and oxygen atoms in total. The van der Waals surface area contributed by atoms with Crippen molar-refractivity contribution in [3.63, 3.8) is 0 Å². The van der Waals surface area contributed by atoms with Crippen LogP contribution in [0.2, 0.25) is 0 Å². The lowest BCUT2D eigenvalue weighted by Crippen LogP contribution is -2.30. The first-order valence-corrected chi connectivity index (χ1v) is 12.6. The van der Waals surface area contributed by atoms with Gasteiger partial charge in [0.05, 0.1) is 11.8 Å². The average Bonchev–Trinajstić information content (AvgIpc) is 3.36. The topological polar surface area (TPSA) is 85.8 Å². The Kier molecular flexibility index (Phi) is 7.10. The van der Waals surface area contributed by atoms with Gasteiger partial charge >= 0.3 is 0 Å². The van der Waals surface area contributed by atoms with Crippen LogP contribution in [-0.2, 0) is 4.79 Å². The molecule has 7 heteroatoms. The molecule has 0 saturated carbocycles. The second-order valence-corrected chi connectivity index (χ2v) is 9.16. The average molecular weight is 492 g/mol. The summed E-state index contributed by atoms with van der Waals surface area (Å²) in [6, 6.07) is 37.1. The van der Waals surface area contributed by atoms with E-state index in [4.69, 9.17) is 5.73 Å². The van der Waals surface area contributed by atoms with E-state index >= 15 is 0 Å². The Hall–Kier alpha value is -4.36. The van der Waals surface area contributed by atoms with Crippen LogP contribution < -0.4 is 11.1 Å². The molecule has 3 N–H and O–H groups in total. The van der Waals surface area contributed by atoms with Crippen molar-refractivity contribution in [2.75, 3.05) is 11.5 Å². The molecule has 1 aromatic heterocycles. The van der Waals surface area contributed by atoms with Crippen LogP contribution in [0, 0.1) is 0 Å². The highest BCUT2D eigenvalue weighted by molar-refractivity contribution is 7.99. The number of para-hydroxylation sites is 1. The van der Waals surface area contributed by atoms with E-state index in [2.05, 4.69) is 15.5 Å². The van der Waals surface area contributed by atoms with E-state index in [1.165, 1.54) is 11.8 Å². The minimum absolute atomic E-state index is 0.0918. The van der Waals surface area contributed by atoms with Crippen molar-refractivity contribution in [2.45, 2.75) is 11.2 Å². The number of nitrogen functional groups attached to an aromatic ring is 1. The zero-order valence-corrected chi connectivity index (χ0v) is 20.3. The fourth-order valence-corrected chi connectivity index (χ4v) is 4.78. The number of hydrogen-bond acceptors (Lipinski definition) is 5. The van der Waals surface area contributed by atoms with Gasteiger partial charge in [0.1, 0.15) is 0 Å². The Labute approximate surface area is 214 Å². The van der Waals surface area contributed by atoms with Crippen molar-refractivity contribution in [3.05, 3.63) is 126 Å². The summed E-state index contributed by atoms with van der Waals surface area (Å²) in [4.78, 5) is 13.1. The predicted molar refractivity (Wildman–Crippen MR) is 145 cm³/mol. The summed E-state index contributed by atoms with van der Waals surface area (Å²) in [5.41, 5.74) is 10.5. The van der Waals surface area contributed by atoms with E-state index in [-0.39, 0.29) is 17.7 Å². The summed E-state index contributed by atoms with van der Waals surface area (Å²) in [6.45, 7) is 0. The molecule has 0 atom stereocenters. The highest BCUT2D eigenvalue weighted by Crippen LogP contribution is 2.29. The SMILES string of the molecule is Nc1cccc(-c2nnc(SCC(=O)NC(c3ccccc3)c3ccccc3)n2-c2ccccc2)c1. The summed E-state index contributed by atoms with van der Waals surface area (Å²) < 4.78 is 1.96.